The summed E-state index contributed by atoms with van der Waals surface area (Å²) in [7, 11) is 0. The van der Waals surface area contributed by atoms with Gasteiger partial charge in [-0.05, 0) is 12.1 Å². The third-order valence-corrected chi connectivity index (χ3v) is 2.43. The number of rotatable bonds is 3. The summed E-state index contributed by atoms with van der Waals surface area (Å²) in [6.07, 6.45) is -4.39. The Balaban J connectivity index is 2.25. The van der Waals surface area contributed by atoms with Crippen LogP contribution in [-0.2, 0) is 6.18 Å². The summed E-state index contributed by atoms with van der Waals surface area (Å²) in [4.78, 5) is 3.90. The van der Waals surface area contributed by atoms with Gasteiger partial charge in [0, 0.05) is 5.56 Å². The number of aromatic nitrogens is 2. The van der Waals surface area contributed by atoms with Crippen LogP contribution < -0.4 is 5.73 Å². The van der Waals surface area contributed by atoms with E-state index in [0.29, 0.717) is 5.56 Å². The van der Waals surface area contributed by atoms with E-state index >= 15 is 0 Å². The highest BCUT2D eigenvalue weighted by molar-refractivity contribution is 5.54. The smallest absolute Gasteiger partial charge is 0.394 e. The van der Waals surface area contributed by atoms with Crippen molar-refractivity contribution < 1.29 is 22.8 Å². The first kappa shape index (κ1) is 13.5. The molecule has 0 radical (unpaired) electrons. The minimum atomic E-state index is -4.39. The van der Waals surface area contributed by atoms with Crippen molar-refractivity contribution in [3.63, 3.8) is 0 Å². The molecule has 0 saturated heterocycles. The second-order valence-corrected chi connectivity index (χ2v) is 3.82. The van der Waals surface area contributed by atoms with Gasteiger partial charge in [0.2, 0.25) is 11.7 Å². The molecule has 1 heterocycles. The fourth-order valence-corrected chi connectivity index (χ4v) is 1.39. The molecule has 3 N–H and O–H groups in total. The van der Waals surface area contributed by atoms with E-state index in [1.54, 1.807) is 0 Å². The minimum absolute atomic E-state index is 0.0254. The number of hydrogen-bond donors (Lipinski definition) is 2. The maximum atomic E-state index is 12.4. The second kappa shape index (κ2) is 4.98. The summed E-state index contributed by atoms with van der Waals surface area (Å²) < 4.78 is 42.0. The molecule has 0 spiro atoms. The van der Waals surface area contributed by atoms with Crippen molar-refractivity contribution in [2.75, 3.05) is 6.61 Å². The van der Waals surface area contributed by atoms with Crippen LogP contribution in [0.25, 0.3) is 11.4 Å². The van der Waals surface area contributed by atoms with Crippen LogP contribution in [0.3, 0.4) is 0 Å². The molecule has 1 atom stereocenters. The summed E-state index contributed by atoms with van der Waals surface area (Å²) in [5.74, 6) is 0.144. The van der Waals surface area contributed by atoms with Gasteiger partial charge in [-0.2, -0.15) is 18.2 Å². The van der Waals surface area contributed by atoms with Crippen LogP contribution in [-0.4, -0.2) is 21.9 Å². The Morgan fingerprint density at radius 3 is 2.42 bits per heavy atom. The molecule has 0 aliphatic rings. The number of aliphatic hydroxyl groups is 1. The van der Waals surface area contributed by atoms with Crippen molar-refractivity contribution in [2.24, 2.45) is 5.73 Å². The van der Waals surface area contributed by atoms with Gasteiger partial charge in [0.05, 0.1) is 12.2 Å². The van der Waals surface area contributed by atoms with Gasteiger partial charge >= 0.3 is 6.18 Å². The number of nitrogens with two attached hydrogens (primary N) is 1. The lowest BCUT2D eigenvalue weighted by atomic mass is 10.1. The molecule has 2 rings (SSSR count). The molecule has 19 heavy (non-hydrogen) atoms. The van der Waals surface area contributed by atoms with Gasteiger partial charge in [-0.15, -0.1) is 0 Å². The zero-order valence-corrected chi connectivity index (χ0v) is 9.55. The van der Waals surface area contributed by atoms with Crippen LogP contribution in [0.4, 0.5) is 13.2 Å². The molecule has 8 heteroatoms. The summed E-state index contributed by atoms with van der Waals surface area (Å²) in [5.41, 5.74) is 5.08. The first-order chi connectivity index (χ1) is 8.91. The molecule has 0 bridgehead atoms. The highest BCUT2D eigenvalue weighted by Gasteiger charge is 2.30. The van der Waals surface area contributed by atoms with Gasteiger partial charge in [0.25, 0.3) is 0 Å². The number of alkyl halides is 3. The van der Waals surface area contributed by atoms with Gasteiger partial charge in [0.15, 0.2) is 0 Å². The maximum Gasteiger partial charge on any atom is 0.416 e. The molecule has 2 aromatic rings. The highest BCUT2D eigenvalue weighted by atomic mass is 19.4. The van der Waals surface area contributed by atoms with E-state index in [2.05, 4.69) is 10.1 Å². The standard InChI is InChI=1S/C11H10F3N3O2/c12-11(13,14)7-3-1-6(2-4-7)9-16-10(19-17-9)8(15)5-18/h1-4,8,18H,5,15H2/t8-/m1/s1. The molecule has 5 nitrogen and oxygen atoms in total. The Kier molecular flexibility index (Phi) is 3.54. The molecule has 0 saturated carbocycles. The molecule has 102 valence electrons. The summed E-state index contributed by atoms with van der Waals surface area (Å²) >= 11 is 0. The Morgan fingerprint density at radius 1 is 1.26 bits per heavy atom. The van der Waals surface area contributed by atoms with Gasteiger partial charge in [0.1, 0.15) is 6.04 Å². The van der Waals surface area contributed by atoms with Crippen molar-refractivity contribution in [2.45, 2.75) is 12.2 Å². The zero-order valence-electron chi connectivity index (χ0n) is 9.55. The molecule has 1 aromatic carbocycles. The first-order valence-corrected chi connectivity index (χ1v) is 5.29. The van der Waals surface area contributed by atoms with Crippen molar-refractivity contribution >= 4 is 0 Å². The van der Waals surface area contributed by atoms with E-state index in [0.717, 1.165) is 12.1 Å². The van der Waals surface area contributed by atoms with Gasteiger partial charge in [-0.25, -0.2) is 0 Å². The van der Waals surface area contributed by atoms with Gasteiger partial charge < -0.3 is 15.4 Å². The lowest BCUT2D eigenvalue weighted by molar-refractivity contribution is -0.137. The van der Waals surface area contributed by atoms with E-state index in [9.17, 15) is 13.2 Å². The number of halogens is 3. The Hall–Kier alpha value is -1.93. The lowest BCUT2D eigenvalue weighted by Gasteiger charge is -2.05. The lowest BCUT2D eigenvalue weighted by Crippen LogP contribution is -2.14. The third kappa shape index (κ3) is 2.91. The molecule has 0 fully saturated rings. The van der Waals surface area contributed by atoms with Crippen molar-refractivity contribution in [1.82, 2.24) is 10.1 Å². The zero-order chi connectivity index (χ0) is 14.0. The van der Waals surface area contributed by atoms with Gasteiger partial charge in [-0.3, -0.25) is 0 Å². The van der Waals surface area contributed by atoms with E-state index in [1.807, 2.05) is 0 Å². The minimum Gasteiger partial charge on any atom is -0.394 e. The average molecular weight is 273 g/mol. The van der Waals surface area contributed by atoms with E-state index in [4.69, 9.17) is 15.4 Å². The van der Waals surface area contributed by atoms with E-state index in [1.165, 1.54) is 12.1 Å². The van der Waals surface area contributed by atoms with Crippen LogP contribution in [0.5, 0.6) is 0 Å². The summed E-state index contributed by atoms with van der Waals surface area (Å²) in [5, 5.41) is 12.4. The van der Waals surface area contributed by atoms with E-state index in [-0.39, 0.29) is 18.3 Å². The number of benzene rings is 1. The predicted octanol–water partition coefficient (Wildman–Crippen LogP) is 1.75. The predicted molar refractivity (Wildman–Crippen MR) is 58.8 cm³/mol. The Morgan fingerprint density at radius 2 is 1.89 bits per heavy atom. The quantitative estimate of drug-likeness (QED) is 0.889. The number of aliphatic hydroxyl groups excluding tert-OH is 1. The van der Waals surface area contributed by atoms with E-state index < -0.39 is 17.8 Å². The van der Waals surface area contributed by atoms with Crippen LogP contribution in [0.2, 0.25) is 0 Å². The SMILES string of the molecule is N[C@H](CO)c1nc(-c2ccc(C(F)(F)F)cc2)no1. The maximum absolute atomic E-state index is 12.4. The molecule has 0 unspecified atom stereocenters. The average Bonchev–Trinajstić information content (AvgIpc) is 2.86. The normalized spacial score (nSPS) is 13.5. The highest BCUT2D eigenvalue weighted by Crippen LogP contribution is 2.30. The second-order valence-electron chi connectivity index (χ2n) is 3.82. The number of hydrogen-bond acceptors (Lipinski definition) is 5. The van der Waals surface area contributed by atoms with Crippen molar-refractivity contribution in [3.05, 3.63) is 35.7 Å². The van der Waals surface area contributed by atoms with Crippen LogP contribution in [0, 0.1) is 0 Å². The van der Waals surface area contributed by atoms with Crippen LogP contribution >= 0.6 is 0 Å². The van der Waals surface area contributed by atoms with Crippen LogP contribution in [0.1, 0.15) is 17.5 Å². The fraction of sp³-hybridized carbons (Fsp3) is 0.273. The molecule has 0 aliphatic heterocycles. The Labute approximate surface area is 105 Å². The van der Waals surface area contributed by atoms with Crippen molar-refractivity contribution in [1.29, 1.82) is 0 Å². The first-order valence-electron chi connectivity index (χ1n) is 5.29. The number of nitrogens with zero attached hydrogens (tertiary/aromatic N) is 2. The monoisotopic (exact) mass is 273 g/mol. The van der Waals surface area contributed by atoms with Crippen LogP contribution in [0.15, 0.2) is 28.8 Å². The molecular formula is C11H10F3N3O2. The molecule has 0 aliphatic carbocycles. The molecule has 1 aromatic heterocycles. The molecule has 0 amide bonds. The fourth-order valence-electron chi connectivity index (χ4n) is 1.39. The topological polar surface area (TPSA) is 85.2 Å². The largest absolute Gasteiger partial charge is 0.416 e. The van der Waals surface area contributed by atoms with Gasteiger partial charge in [-0.1, -0.05) is 17.3 Å². The summed E-state index contributed by atoms with van der Waals surface area (Å²) in [6.45, 7) is -0.366. The van der Waals surface area contributed by atoms with Crippen molar-refractivity contribution in [3.8, 4) is 11.4 Å². The molecular weight excluding hydrogens is 263 g/mol. The summed E-state index contributed by atoms with van der Waals surface area (Å²) in [6, 6.07) is 3.52. The Bertz CT molecular complexity index is 551. The third-order valence-electron chi connectivity index (χ3n) is 2.43.